The second-order valence-corrected chi connectivity index (χ2v) is 7.14. The van der Waals surface area contributed by atoms with E-state index in [1.807, 2.05) is 0 Å². The zero-order valence-electron chi connectivity index (χ0n) is 15.0. The van der Waals surface area contributed by atoms with Gasteiger partial charge in [0.1, 0.15) is 12.2 Å². The number of carboxylic acids is 1. The van der Waals surface area contributed by atoms with Gasteiger partial charge in [-0.15, -0.1) is 0 Å². The molecule has 1 aliphatic rings. The van der Waals surface area contributed by atoms with Gasteiger partial charge in [0.05, 0.1) is 12.6 Å². The van der Waals surface area contributed by atoms with Crippen molar-refractivity contribution < 1.29 is 24.2 Å². The third-order valence-electron chi connectivity index (χ3n) is 4.05. The minimum Gasteiger partial charge on any atom is -0.493 e. The largest absolute Gasteiger partial charge is 0.493 e. The number of ether oxygens (including phenoxy) is 2. The van der Waals surface area contributed by atoms with Crippen molar-refractivity contribution in [3.8, 4) is 11.5 Å². The van der Waals surface area contributed by atoms with Gasteiger partial charge in [-0.25, -0.2) is 4.79 Å². The lowest BCUT2D eigenvalue weighted by Crippen LogP contribution is -2.45. The van der Waals surface area contributed by atoms with Crippen LogP contribution < -0.4 is 20.3 Å². The summed E-state index contributed by atoms with van der Waals surface area (Å²) in [6.45, 7) is 5.15. The zero-order valence-corrected chi connectivity index (χ0v) is 15.0. The molecule has 1 amide bonds. The molecule has 0 bridgehead atoms. The van der Waals surface area contributed by atoms with Crippen molar-refractivity contribution in [3.63, 3.8) is 0 Å². The summed E-state index contributed by atoms with van der Waals surface area (Å²) < 4.78 is 11.9. The van der Waals surface area contributed by atoms with E-state index < -0.39 is 29.0 Å². The maximum absolute atomic E-state index is 13.0. The summed E-state index contributed by atoms with van der Waals surface area (Å²) in [5.74, 6) is -1.08. The minimum atomic E-state index is -1.23. The van der Waals surface area contributed by atoms with Gasteiger partial charge < -0.3 is 19.9 Å². The van der Waals surface area contributed by atoms with E-state index in [0.29, 0.717) is 22.4 Å². The molecule has 1 aromatic carbocycles. The first-order chi connectivity index (χ1) is 12.1. The lowest BCUT2D eigenvalue weighted by Gasteiger charge is -2.27. The third kappa shape index (κ3) is 2.87. The number of aromatic nitrogens is 1. The number of nitrogens with zero attached hydrogens (tertiary/aromatic N) is 1. The maximum atomic E-state index is 13.0. The molecule has 0 aliphatic carbocycles. The summed E-state index contributed by atoms with van der Waals surface area (Å²) in [7, 11) is 1.46. The number of hydrogen-bond acceptors (Lipinski definition) is 5. The number of rotatable bonds is 3. The molecule has 1 aromatic heterocycles. The number of aliphatic carboxylic acids is 1. The van der Waals surface area contributed by atoms with Gasteiger partial charge in [-0.1, -0.05) is 0 Å². The highest BCUT2D eigenvalue weighted by molar-refractivity contribution is 6.00. The van der Waals surface area contributed by atoms with Crippen LogP contribution in [0.4, 0.5) is 0 Å². The SMILES string of the molecule is COc1ccc2cc(C(=O)NC(C)(C)C)c(=O)n3c2c1OCC3C(=O)O. The Hall–Kier alpha value is -3.03. The van der Waals surface area contributed by atoms with Crippen molar-refractivity contribution in [2.75, 3.05) is 13.7 Å². The molecule has 1 unspecified atom stereocenters. The van der Waals surface area contributed by atoms with Crippen LogP contribution in [0.1, 0.15) is 37.2 Å². The summed E-state index contributed by atoms with van der Waals surface area (Å²) in [4.78, 5) is 37.2. The fraction of sp³-hybridized carbons (Fsp3) is 0.389. The lowest BCUT2D eigenvalue weighted by molar-refractivity contribution is -0.142. The molecule has 138 valence electrons. The first-order valence-corrected chi connectivity index (χ1v) is 8.08. The normalized spacial score (nSPS) is 16.1. The van der Waals surface area contributed by atoms with E-state index in [9.17, 15) is 19.5 Å². The molecular weight excluding hydrogens is 340 g/mol. The number of carbonyl (C=O) groups is 2. The Morgan fingerprint density at radius 1 is 1.35 bits per heavy atom. The summed E-state index contributed by atoms with van der Waals surface area (Å²) in [5, 5.41) is 12.8. The van der Waals surface area contributed by atoms with Crippen molar-refractivity contribution in [2.45, 2.75) is 32.4 Å². The molecule has 0 fully saturated rings. The Labute approximate surface area is 149 Å². The first kappa shape index (κ1) is 17.8. The quantitative estimate of drug-likeness (QED) is 0.860. The number of methoxy groups -OCH3 is 1. The van der Waals surface area contributed by atoms with Crippen molar-refractivity contribution in [1.29, 1.82) is 0 Å². The Morgan fingerprint density at radius 2 is 2.04 bits per heavy atom. The standard InChI is InChI=1S/C18H20N2O6/c1-18(2,3)19-15(21)10-7-9-5-6-12(25-4)14-13(9)20(16(10)22)11(8-26-14)17(23)24/h5-7,11H,8H2,1-4H3,(H,19,21)(H,23,24). The van der Waals surface area contributed by atoms with Gasteiger partial charge in [-0.3, -0.25) is 14.2 Å². The highest BCUT2D eigenvalue weighted by atomic mass is 16.5. The van der Waals surface area contributed by atoms with E-state index in [-0.39, 0.29) is 12.2 Å². The Balaban J connectivity index is 2.33. The molecule has 1 aliphatic heterocycles. The molecule has 8 nitrogen and oxygen atoms in total. The number of nitrogens with one attached hydrogen (secondary N) is 1. The molecule has 2 N–H and O–H groups in total. The number of carbonyl (C=O) groups excluding carboxylic acids is 1. The molecular formula is C18H20N2O6. The fourth-order valence-corrected chi connectivity index (χ4v) is 2.97. The lowest BCUT2D eigenvalue weighted by atomic mass is 10.0. The minimum absolute atomic E-state index is 0.114. The monoisotopic (exact) mass is 360 g/mol. The predicted molar refractivity (Wildman–Crippen MR) is 94.1 cm³/mol. The van der Waals surface area contributed by atoms with Crippen LogP contribution in [-0.4, -0.2) is 40.8 Å². The molecule has 8 heteroatoms. The van der Waals surface area contributed by atoms with E-state index >= 15 is 0 Å². The number of pyridine rings is 1. The highest BCUT2D eigenvalue weighted by Gasteiger charge is 2.33. The average Bonchev–Trinajstić information content (AvgIpc) is 2.55. The van der Waals surface area contributed by atoms with Crippen molar-refractivity contribution in [1.82, 2.24) is 9.88 Å². The van der Waals surface area contributed by atoms with Crippen LogP contribution in [0.2, 0.25) is 0 Å². The average molecular weight is 360 g/mol. The van der Waals surface area contributed by atoms with Crippen LogP contribution in [-0.2, 0) is 4.79 Å². The van der Waals surface area contributed by atoms with Gasteiger partial charge in [0.2, 0.25) is 0 Å². The summed E-state index contributed by atoms with van der Waals surface area (Å²) in [6, 6.07) is 3.53. The molecule has 0 saturated heterocycles. The Kier molecular flexibility index (Phi) is 4.14. The summed E-state index contributed by atoms with van der Waals surface area (Å²) >= 11 is 0. The predicted octanol–water partition coefficient (Wildman–Crippen LogP) is 1.56. The number of benzene rings is 1. The van der Waals surface area contributed by atoms with E-state index in [1.54, 1.807) is 32.9 Å². The summed E-state index contributed by atoms with van der Waals surface area (Å²) in [5.41, 5.74) is -1.03. The molecule has 2 heterocycles. The molecule has 0 radical (unpaired) electrons. The van der Waals surface area contributed by atoms with Crippen LogP contribution in [0.25, 0.3) is 10.9 Å². The van der Waals surface area contributed by atoms with Crippen molar-refractivity contribution >= 4 is 22.8 Å². The third-order valence-corrected chi connectivity index (χ3v) is 4.05. The maximum Gasteiger partial charge on any atom is 0.330 e. The van der Waals surface area contributed by atoms with E-state index in [1.165, 1.54) is 13.2 Å². The number of carboxylic acid groups (broad SMARTS) is 1. The van der Waals surface area contributed by atoms with Crippen LogP contribution in [0.3, 0.4) is 0 Å². The van der Waals surface area contributed by atoms with E-state index in [0.717, 1.165) is 4.57 Å². The molecule has 2 aromatic rings. The molecule has 0 saturated carbocycles. The van der Waals surface area contributed by atoms with Gasteiger partial charge in [-0.2, -0.15) is 0 Å². The summed E-state index contributed by atoms with van der Waals surface area (Å²) in [6.07, 6.45) is 0. The van der Waals surface area contributed by atoms with E-state index in [2.05, 4.69) is 5.32 Å². The van der Waals surface area contributed by atoms with Crippen molar-refractivity contribution in [2.24, 2.45) is 0 Å². The van der Waals surface area contributed by atoms with Gasteiger partial charge in [0, 0.05) is 10.9 Å². The fourth-order valence-electron chi connectivity index (χ4n) is 2.97. The number of amides is 1. The van der Waals surface area contributed by atoms with Crippen LogP contribution in [0.15, 0.2) is 23.0 Å². The zero-order chi connectivity index (χ0) is 19.2. The molecule has 3 rings (SSSR count). The second kappa shape index (κ2) is 6.05. The van der Waals surface area contributed by atoms with Gasteiger partial charge in [0.15, 0.2) is 17.5 Å². The molecule has 26 heavy (non-hydrogen) atoms. The van der Waals surface area contributed by atoms with Gasteiger partial charge in [0.25, 0.3) is 11.5 Å². The van der Waals surface area contributed by atoms with Crippen LogP contribution in [0.5, 0.6) is 11.5 Å². The van der Waals surface area contributed by atoms with Gasteiger partial charge in [-0.05, 0) is 39.0 Å². The molecule has 0 spiro atoms. The molecule has 1 atom stereocenters. The van der Waals surface area contributed by atoms with Gasteiger partial charge >= 0.3 is 5.97 Å². The number of hydrogen-bond donors (Lipinski definition) is 2. The first-order valence-electron chi connectivity index (χ1n) is 8.08. The second-order valence-electron chi connectivity index (χ2n) is 7.14. The smallest absolute Gasteiger partial charge is 0.330 e. The highest BCUT2D eigenvalue weighted by Crippen LogP contribution is 2.39. The topological polar surface area (TPSA) is 107 Å². The Bertz CT molecular complexity index is 970. The van der Waals surface area contributed by atoms with Crippen molar-refractivity contribution in [3.05, 3.63) is 34.1 Å². The van der Waals surface area contributed by atoms with E-state index in [4.69, 9.17) is 9.47 Å². The van der Waals surface area contributed by atoms with Crippen LogP contribution >= 0.6 is 0 Å². The Morgan fingerprint density at radius 3 is 2.62 bits per heavy atom. The van der Waals surface area contributed by atoms with Crippen LogP contribution in [0, 0.1) is 0 Å².